The van der Waals surface area contributed by atoms with Crippen LogP contribution >= 0.6 is 0 Å². The van der Waals surface area contributed by atoms with Gasteiger partial charge in [-0.2, -0.15) is 0 Å². The van der Waals surface area contributed by atoms with Gasteiger partial charge in [-0.1, -0.05) is 58.9 Å². The fourth-order valence-corrected chi connectivity index (χ4v) is 6.34. The van der Waals surface area contributed by atoms with E-state index >= 15 is 0 Å². The summed E-state index contributed by atoms with van der Waals surface area (Å²) in [4.78, 5) is 2.29. The van der Waals surface area contributed by atoms with E-state index in [1.54, 1.807) is 14.2 Å². The predicted molar refractivity (Wildman–Crippen MR) is 191 cm³/mol. The Hall–Kier alpha value is -3.22. The molecule has 1 N–H and O–H groups in total. The minimum atomic E-state index is -1.83. The lowest BCUT2D eigenvalue weighted by molar-refractivity contribution is -0.226. The van der Waals surface area contributed by atoms with Crippen molar-refractivity contribution in [1.82, 2.24) is 0 Å². The predicted octanol–water partition coefficient (Wildman–Crippen LogP) is 7.32. The van der Waals surface area contributed by atoms with E-state index in [2.05, 4.69) is 52.5 Å². The number of hydrogen-bond donors (Lipinski definition) is 1. The summed E-state index contributed by atoms with van der Waals surface area (Å²) < 4.78 is 47.9. The molecule has 0 atom stereocenters. The molecule has 3 aromatic carbocycles. The molecule has 0 radical (unpaired) electrons. The molecule has 0 amide bonds. The minimum Gasteiger partial charge on any atom is -0.467 e. The first kappa shape index (κ1) is 38.0. The number of ether oxygens (including phenoxy) is 8. The lowest BCUT2D eigenvalue weighted by atomic mass is 9.78. The highest BCUT2D eigenvalue weighted by Gasteiger charge is 2.42. The Morgan fingerprint density at radius 2 is 1.20 bits per heavy atom. The number of rotatable bonds is 15. The summed E-state index contributed by atoms with van der Waals surface area (Å²) in [5.74, 6) is 0.853. The highest BCUT2D eigenvalue weighted by molar-refractivity contribution is 5.61. The van der Waals surface area contributed by atoms with E-state index in [9.17, 15) is 5.11 Å². The molecular formula is C40H55NO9. The van der Waals surface area contributed by atoms with Gasteiger partial charge in [0.05, 0.1) is 26.4 Å². The summed E-state index contributed by atoms with van der Waals surface area (Å²) in [6, 6.07) is 19.2. The van der Waals surface area contributed by atoms with Gasteiger partial charge in [0, 0.05) is 66.1 Å². The Balaban J connectivity index is 1.76. The Morgan fingerprint density at radius 1 is 0.720 bits per heavy atom. The number of benzene rings is 3. The molecule has 2 fully saturated rings. The number of methoxy groups -OCH3 is 2. The van der Waals surface area contributed by atoms with Crippen molar-refractivity contribution in [1.29, 1.82) is 0 Å². The molecule has 2 aliphatic heterocycles. The highest BCUT2D eigenvalue weighted by Crippen LogP contribution is 2.48. The van der Waals surface area contributed by atoms with Gasteiger partial charge >= 0.3 is 0 Å². The van der Waals surface area contributed by atoms with E-state index in [1.165, 1.54) is 0 Å². The van der Waals surface area contributed by atoms with Crippen molar-refractivity contribution in [3.05, 3.63) is 88.5 Å². The third kappa shape index (κ3) is 8.62. The van der Waals surface area contributed by atoms with Crippen LogP contribution in [0.2, 0.25) is 0 Å². The first-order valence-corrected chi connectivity index (χ1v) is 17.5. The second-order valence-corrected chi connectivity index (χ2v) is 14.7. The van der Waals surface area contributed by atoms with Crippen molar-refractivity contribution in [3.8, 4) is 11.5 Å². The molecule has 0 spiro atoms. The van der Waals surface area contributed by atoms with Crippen LogP contribution in [0.1, 0.15) is 88.4 Å². The molecule has 0 aliphatic carbocycles. The third-order valence-corrected chi connectivity index (χ3v) is 9.00. The van der Waals surface area contributed by atoms with Crippen molar-refractivity contribution in [3.63, 3.8) is 0 Å². The van der Waals surface area contributed by atoms with E-state index in [0.29, 0.717) is 54.6 Å². The largest absolute Gasteiger partial charge is 0.467 e. The first-order chi connectivity index (χ1) is 23.9. The second-order valence-electron chi connectivity index (χ2n) is 14.7. The number of aliphatic hydroxyl groups is 1. The molecular weight excluding hydrogens is 638 g/mol. The van der Waals surface area contributed by atoms with Gasteiger partial charge in [-0.25, -0.2) is 0 Å². The molecule has 0 saturated carbocycles. The van der Waals surface area contributed by atoms with Gasteiger partial charge in [-0.3, -0.25) is 0 Å². The minimum absolute atomic E-state index is 0.0280. The molecule has 0 aromatic heterocycles. The van der Waals surface area contributed by atoms with Crippen LogP contribution in [0.3, 0.4) is 0 Å². The average Bonchev–Trinajstić information content (AvgIpc) is 3.12. The van der Waals surface area contributed by atoms with Crippen molar-refractivity contribution < 1.29 is 43.0 Å². The number of nitrogens with zero attached hydrogens (tertiary/aromatic N) is 1. The van der Waals surface area contributed by atoms with Gasteiger partial charge in [0.25, 0.3) is 0 Å². The maximum atomic E-state index is 13.7. The summed E-state index contributed by atoms with van der Waals surface area (Å²) in [6.45, 7) is 16.5. The van der Waals surface area contributed by atoms with Crippen molar-refractivity contribution in [2.45, 2.75) is 66.1 Å². The van der Waals surface area contributed by atoms with Gasteiger partial charge in [-0.15, -0.1) is 0 Å². The lowest BCUT2D eigenvalue weighted by Gasteiger charge is -2.37. The Morgan fingerprint density at radius 3 is 1.62 bits per heavy atom. The van der Waals surface area contributed by atoms with Crippen LogP contribution in [0.4, 0.5) is 5.69 Å². The maximum absolute atomic E-state index is 13.7. The SMILES string of the molecule is CCCN(CC)c1cccc(C(O)(c2cc(C3OCC(C)(C)CO3)ccc2OCOC)c2cc(C3OCC(C)(C)CO3)ccc2OCOC)c1. The van der Waals surface area contributed by atoms with Crippen molar-refractivity contribution >= 4 is 5.69 Å². The number of anilines is 1. The molecule has 10 nitrogen and oxygen atoms in total. The summed E-state index contributed by atoms with van der Waals surface area (Å²) >= 11 is 0. The van der Waals surface area contributed by atoms with Crippen LogP contribution in [0.15, 0.2) is 60.7 Å². The van der Waals surface area contributed by atoms with Crippen molar-refractivity contribution in [2.75, 3.05) is 72.2 Å². The van der Waals surface area contributed by atoms with E-state index in [4.69, 9.17) is 37.9 Å². The molecule has 5 rings (SSSR count). The zero-order valence-corrected chi connectivity index (χ0v) is 31.0. The molecule has 2 heterocycles. The standard InChI is InChI=1S/C40H55NO9/c1-9-18-41(10-2)31-13-11-12-30(21-31)40(42,32-19-28(14-16-34(32)49-26-43-7)36-45-22-38(3,4)23-46-36)33-20-29(15-17-35(33)50-27-44-8)37-47-24-39(5,6)25-48-37/h11-17,19-21,36-37,42H,9-10,18,22-27H2,1-8H3. The number of hydrogen-bond acceptors (Lipinski definition) is 10. The Kier molecular flexibility index (Phi) is 12.5. The molecule has 3 aromatic rings. The average molecular weight is 694 g/mol. The fourth-order valence-electron chi connectivity index (χ4n) is 6.34. The van der Waals surface area contributed by atoms with Crippen LogP contribution < -0.4 is 14.4 Å². The van der Waals surface area contributed by atoms with Gasteiger partial charge in [0.1, 0.15) is 17.1 Å². The first-order valence-electron chi connectivity index (χ1n) is 17.5. The Labute approximate surface area is 297 Å². The summed E-state index contributed by atoms with van der Waals surface area (Å²) in [6.07, 6.45) is -0.277. The molecule has 2 saturated heterocycles. The second kappa shape index (κ2) is 16.4. The van der Waals surface area contributed by atoms with Gasteiger partial charge in [0.15, 0.2) is 26.2 Å². The third-order valence-electron chi connectivity index (χ3n) is 9.00. The van der Waals surface area contributed by atoms with Crippen molar-refractivity contribution in [2.24, 2.45) is 10.8 Å². The highest BCUT2D eigenvalue weighted by atomic mass is 16.7. The zero-order valence-electron chi connectivity index (χ0n) is 31.0. The van der Waals surface area contributed by atoms with E-state index in [-0.39, 0.29) is 24.4 Å². The Bertz CT molecular complexity index is 1450. The van der Waals surface area contributed by atoms with Gasteiger partial charge in [-0.05, 0) is 55.3 Å². The zero-order chi connectivity index (χ0) is 35.9. The van der Waals surface area contributed by atoms with E-state index < -0.39 is 18.2 Å². The summed E-state index contributed by atoms with van der Waals surface area (Å²) in [5, 5.41) is 13.7. The van der Waals surface area contributed by atoms with Crippen LogP contribution in [-0.4, -0.2) is 72.4 Å². The molecule has 50 heavy (non-hydrogen) atoms. The maximum Gasteiger partial charge on any atom is 0.188 e. The van der Waals surface area contributed by atoms with Crippen LogP contribution in [0.5, 0.6) is 11.5 Å². The van der Waals surface area contributed by atoms with Crippen LogP contribution in [-0.2, 0) is 34.0 Å². The monoisotopic (exact) mass is 693 g/mol. The quantitative estimate of drug-likeness (QED) is 0.129. The molecule has 10 heteroatoms. The molecule has 0 bridgehead atoms. The summed E-state index contributed by atoms with van der Waals surface area (Å²) in [7, 11) is 3.13. The smallest absolute Gasteiger partial charge is 0.188 e. The van der Waals surface area contributed by atoms with Crippen LogP contribution in [0.25, 0.3) is 0 Å². The summed E-state index contributed by atoms with van der Waals surface area (Å²) in [5.41, 5.74) is 1.95. The fraction of sp³-hybridized carbons (Fsp3) is 0.550. The lowest BCUT2D eigenvalue weighted by Crippen LogP contribution is -2.35. The van der Waals surface area contributed by atoms with Gasteiger partial charge < -0.3 is 47.9 Å². The molecule has 2 aliphatic rings. The topological polar surface area (TPSA) is 97.3 Å². The molecule has 274 valence electrons. The van der Waals surface area contributed by atoms with E-state index in [0.717, 1.165) is 36.3 Å². The van der Waals surface area contributed by atoms with Crippen LogP contribution in [0, 0.1) is 10.8 Å². The normalized spacial score (nSPS) is 18.2. The van der Waals surface area contributed by atoms with Gasteiger partial charge in [0.2, 0.25) is 0 Å². The molecule has 0 unspecified atom stereocenters. The van der Waals surface area contributed by atoms with E-state index in [1.807, 2.05) is 54.6 Å².